The number of nitrogens with zero attached hydrogens (tertiary/aromatic N) is 2. The summed E-state index contributed by atoms with van der Waals surface area (Å²) < 4.78 is 13.2. The molecule has 2 N–H and O–H groups in total. The van der Waals surface area contributed by atoms with Crippen LogP contribution >= 0.6 is 11.6 Å². The van der Waals surface area contributed by atoms with E-state index in [2.05, 4.69) is 15.2 Å². The molecule has 3 rings (SSSR count). The molecule has 0 aromatic carbocycles. The number of hydrogen-bond acceptors (Lipinski definition) is 4. The first-order valence-electron chi connectivity index (χ1n) is 9.29. The van der Waals surface area contributed by atoms with Crippen LogP contribution in [0.25, 0.3) is 6.08 Å². The predicted molar refractivity (Wildman–Crippen MR) is 101 cm³/mol. The average molecular weight is 382 g/mol. The van der Waals surface area contributed by atoms with E-state index in [9.17, 15) is 9.18 Å². The molecule has 0 radical (unpaired) electrons. The Morgan fingerprint density at radius 3 is 2.77 bits per heavy atom. The Morgan fingerprint density at radius 2 is 2.08 bits per heavy atom. The van der Waals surface area contributed by atoms with Crippen molar-refractivity contribution in [2.45, 2.75) is 57.0 Å². The van der Waals surface area contributed by atoms with Gasteiger partial charge in [-0.05, 0) is 49.9 Å². The van der Waals surface area contributed by atoms with Gasteiger partial charge in [-0.2, -0.15) is 4.39 Å². The topological polar surface area (TPSA) is 65.5 Å². The van der Waals surface area contributed by atoms with Gasteiger partial charge in [0.15, 0.2) is 0 Å². The van der Waals surface area contributed by atoms with Gasteiger partial charge in [0.2, 0.25) is 5.83 Å². The maximum absolute atomic E-state index is 13.2. The van der Waals surface area contributed by atoms with Gasteiger partial charge >= 0.3 is 5.97 Å². The molecular formula is C19H25ClFN3O2. The van der Waals surface area contributed by atoms with Gasteiger partial charge in [0.05, 0.1) is 5.02 Å². The van der Waals surface area contributed by atoms with E-state index in [-0.39, 0.29) is 6.04 Å². The SMILES string of the molecule is O=C(O)C(F)=Cc1cnc(N[C@@H]2CCCN(C3CCCCC3)C2)c(Cl)c1. The highest BCUT2D eigenvalue weighted by molar-refractivity contribution is 6.33. The Balaban J connectivity index is 1.62. The van der Waals surface area contributed by atoms with E-state index in [0.717, 1.165) is 32.0 Å². The molecule has 0 bridgehead atoms. The van der Waals surface area contributed by atoms with Crippen LogP contribution in [0.5, 0.6) is 0 Å². The fraction of sp³-hybridized carbons (Fsp3) is 0.579. The number of anilines is 1. The number of pyridine rings is 1. The minimum absolute atomic E-state index is 0.285. The molecule has 1 aliphatic heterocycles. The van der Waals surface area contributed by atoms with Crippen LogP contribution in [0.1, 0.15) is 50.5 Å². The van der Waals surface area contributed by atoms with Crippen molar-refractivity contribution in [3.63, 3.8) is 0 Å². The Bertz CT molecular complexity index is 677. The van der Waals surface area contributed by atoms with Crippen molar-refractivity contribution in [1.82, 2.24) is 9.88 Å². The fourth-order valence-electron chi connectivity index (χ4n) is 3.94. The van der Waals surface area contributed by atoms with E-state index in [1.54, 1.807) is 0 Å². The summed E-state index contributed by atoms with van der Waals surface area (Å²) in [6, 6.07) is 2.51. The number of carboxylic acids is 1. The number of likely N-dealkylation sites (tertiary alicyclic amines) is 1. The molecule has 1 aromatic heterocycles. The number of carbonyl (C=O) groups is 1. The van der Waals surface area contributed by atoms with Gasteiger partial charge in [-0.1, -0.05) is 30.9 Å². The average Bonchev–Trinajstić information content (AvgIpc) is 2.65. The number of hydrogen-bond donors (Lipinski definition) is 2. The molecule has 26 heavy (non-hydrogen) atoms. The first-order chi connectivity index (χ1) is 12.5. The summed E-state index contributed by atoms with van der Waals surface area (Å²) in [5, 5.41) is 12.4. The minimum atomic E-state index is -1.60. The van der Waals surface area contributed by atoms with Gasteiger partial charge in [-0.3, -0.25) is 4.90 Å². The Labute approximate surface area is 158 Å². The third-order valence-electron chi connectivity index (χ3n) is 5.24. The van der Waals surface area contributed by atoms with Gasteiger partial charge in [0, 0.05) is 24.8 Å². The number of rotatable bonds is 5. The van der Waals surface area contributed by atoms with Crippen LogP contribution in [0.15, 0.2) is 18.1 Å². The first-order valence-corrected chi connectivity index (χ1v) is 9.67. The first kappa shape index (κ1) is 19.1. The lowest BCUT2D eigenvalue weighted by atomic mass is 9.92. The van der Waals surface area contributed by atoms with Crippen LogP contribution in [0, 0.1) is 0 Å². The number of halogens is 2. The van der Waals surface area contributed by atoms with Crippen molar-refractivity contribution in [1.29, 1.82) is 0 Å². The van der Waals surface area contributed by atoms with Crippen LogP contribution in [0.3, 0.4) is 0 Å². The Morgan fingerprint density at radius 1 is 1.31 bits per heavy atom. The normalized spacial score (nSPS) is 23.0. The molecule has 142 valence electrons. The molecule has 2 aliphatic rings. The van der Waals surface area contributed by atoms with Gasteiger partial charge in [-0.25, -0.2) is 9.78 Å². The molecule has 0 spiro atoms. The van der Waals surface area contributed by atoms with E-state index < -0.39 is 11.8 Å². The summed E-state index contributed by atoms with van der Waals surface area (Å²) in [5.74, 6) is -2.28. The van der Waals surface area contributed by atoms with Crippen molar-refractivity contribution in [2.24, 2.45) is 0 Å². The number of aromatic nitrogens is 1. The van der Waals surface area contributed by atoms with Crippen molar-refractivity contribution in [2.75, 3.05) is 18.4 Å². The van der Waals surface area contributed by atoms with Crippen LogP contribution in [0.4, 0.5) is 10.2 Å². The lowest BCUT2D eigenvalue weighted by molar-refractivity contribution is -0.134. The fourth-order valence-corrected chi connectivity index (χ4v) is 4.17. The zero-order valence-electron chi connectivity index (χ0n) is 14.8. The summed E-state index contributed by atoms with van der Waals surface area (Å²) in [6.45, 7) is 2.14. The third-order valence-corrected chi connectivity index (χ3v) is 5.53. The van der Waals surface area contributed by atoms with Crippen molar-refractivity contribution >= 4 is 29.5 Å². The zero-order chi connectivity index (χ0) is 18.5. The molecule has 1 saturated carbocycles. The molecule has 2 fully saturated rings. The van der Waals surface area contributed by atoms with E-state index >= 15 is 0 Å². The maximum Gasteiger partial charge on any atom is 0.364 e. The molecule has 1 aliphatic carbocycles. The molecule has 1 atom stereocenters. The van der Waals surface area contributed by atoms with E-state index in [1.807, 2.05) is 0 Å². The second-order valence-corrected chi connectivity index (χ2v) is 7.57. The van der Waals surface area contributed by atoms with Crippen molar-refractivity contribution in [3.05, 3.63) is 28.7 Å². The van der Waals surface area contributed by atoms with Gasteiger partial charge < -0.3 is 10.4 Å². The smallest absolute Gasteiger partial charge is 0.364 e. The second-order valence-electron chi connectivity index (χ2n) is 7.17. The number of aliphatic carboxylic acids is 1. The van der Waals surface area contributed by atoms with Gasteiger partial charge in [0.1, 0.15) is 5.82 Å². The van der Waals surface area contributed by atoms with Gasteiger partial charge in [0.25, 0.3) is 0 Å². The lowest BCUT2D eigenvalue weighted by Gasteiger charge is -2.40. The zero-order valence-corrected chi connectivity index (χ0v) is 15.5. The van der Waals surface area contributed by atoms with Gasteiger partial charge in [-0.15, -0.1) is 0 Å². The molecule has 0 amide bonds. The Hall–Kier alpha value is -1.66. The highest BCUT2D eigenvalue weighted by atomic mass is 35.5. The molecular weight excluding hydrogens is 357 g/mol. The number of piperidine rings is 1. The monoisotopic (exact) mass is 381 g/mol. The molecule has 7 heteroatoms. The third kappa shape index (κ3) is 4.95. The number of carboxylic acid groups (broad SMARTS) is 1. The summed E-state index contributed by atoms with van der Waals surface area (Å²) in [6.07, 6.45) is 11.2. The summed E-state index contributed by atoms with van der Waals surface area (Å²) >= 11 is 6.26. The molecule has 2 heterocycles. The second kappa shape index (κ2) is 8.82. The molecule has 5 nitrogen and oxygen atoms in total. The van der Waals surface area contributed by atoms with Crippen LogP contribution in [-0.4, -0.2) is 46.1 Å². The quantitative estimate of drug-likeness (QED) is 0.743. The summed E-state index contributed by atoms with van der Waals surface area (Å²) in [5.41, 5.74) is 0.327. The predicted octanol–water partition coefficient (Wildman–Crippen LogP) is 4.34. The van der Waals surface area contributed by atoms with Crippen molar-refractivity contribution < 1.29 is 14.3 Å². The molecule has 0 unspecified atom stereocenters. The van der Waals surface area contributed by atoms with E-state index in [4.69, 9.17) is 16.7 Å². The standard InChI is InChI=1S/C19H25ClFN3O2/c20-16-9-13(10-17(21)19(25)26)11-22-18(16)23-14-5-4-8-24(12-14)15-6-2-1-3-7-15/h9-11,14-15H,1-8,12H2,(H,22,23)(H,25,26)/t14-/m1/s1. The number of nitrogens with one attached hydrogen (secondary N) is 1. The largest absolute Gasteiger partial charge is 0.476 e. The van der Waals surface area contributed by atoms with E-state index in [1.165, 1.54) is 44.4 Å². The molecule has 1 aromatic rings. The maximum atomic E-state index is 13.2. The van der Waals surface area contributed by atoms with E-state index in [0.29, 0.717) is 22.4 Å². The van der Waals surface area contributed by atoms with Crippen LogP contribution in [-0.2, 0) is 4.79 Å². The highest BCUT2D eigenvalue weighted by Crippen LogP contribution is 2.28. The van der Waals surface area contributed by atoms with Crippen LogP contribution < -0.4 is 5.32 Å². The minimum Gasteiger partial charge on any atom is -0.476 e. The Kier molecular flexibility index (Phi) is 6.48. The summed E-state index contributed by atoms with van der Waals surface area (Å²) in [4.78, 5) is 17.4. The highest BCUT2D eigenvalue weighted by Gasteiger charge is 2.27. The summed E-state index contributed by atoms with van der Waals surface area (Å²) in [7, 11) is 0. The van der Waals surface area contributed by atoms with Crippen molar-refractivity contribution in [3.8, 4) is 0 Å². The molecule has 1 saturated heterocycles. The lowest BCUT2D eigenvalue weighted by Crippen LogP contribution is -2.47. The van der Waals surface area contributed by atoms with Crippen LogP contribution in [0.2, 0.25) is 5.02 Å².